The quantitative estimate of drug-likeness (QED) is 0.789. The molecular formula is C22H28O4. The minimum atomic E-state index is -0.101. The first-order valence-electron chi connectivity index (χ1n) is 9.42. The third kappa shape index (κ3) is 4.92. The van der Waals surface area contributed by atoms with E-state index in [9.17, 15) is 10.2 Å². The number of benzene rings is 2. The molecule has 140 valence electrons. The number of rotatable bonds is 7. The molecule has 0 saturated carbocycles. The molecule has 1 aliphatic heterocycles. The second-order valence-electron chi connectivity index (χ2n) is 6.85. The van der Waals surface area contributed by atoms with E-state index in [0.717, 1.165) is 60.1 Å². The Labute approximate surface area is 155 Å². The molecule has 1 heterocycles. The molecule has 4 nitrogen and oxygen atoms in total. The van der Waals surface area contributed by atoms with Crippen LogP contribution in [0.2, 0.25) is 0 Å². The highest BCUT2D eigenvalue weighted by Gasteiger charge is 2.14. The smallest absolute Gasteiger partial charge is 0.158 e. The number of hydrogen-bond acceptors (Lipinski definition) is 4. The van der Waals surface area contributed by atoms with Crippen LogP contribution in [0.1, 0.15) is 48.4 Å². The maximum atomic E-state index is 9.50. The van der Waals surface area contributed by atoms with Crippen molar-refractivity contribution in [3.63, 3.8) is 0 Å². The van der Waals surface area contributed by atoms with Gasteiger partial charge in [0, 0.05) is 6.61 Å². The molecule has 26 heavy (non-hydrogen) atoms. The summed E-state index contributed by atoms with van der Waals surface area (Å²) in [5, 5.41) is 19.0. The van der Waals surface area contributed by atoms with Gasteiger partial charge >= 0.3 is 0 Å². The number of aryl methyl sites for hydroxylation is 1. The summed E-state index contributed by atoms with van der Waals surface area (Å²) in [5.74, 6) is 0. The topological polar surface area (TPSA) is 58.9 Å². The van der Waals surface area contributed by atoms with Crippen molar-refractivity contribution < 1.29 is 19.7 Å². The van der Waals surface area contributed by atoms with Crippen LogP contribution in [0, 0.1) is 0 Å². The van der Waals surface area contributed by atoms with E-state index in [0.29, 0.717) is 6.61 Å². The van der Waals surface area contributed by atoms with Crippen molar-refractivity contribution in [2.75, 3.05) is 6.61 Å². The zero-order chi connectivity index (χ0) is 18.4. The molecule has 0 spiro atoms. The minimum Gasteiger partial charge on any atom is -0.392 e. The molecule has 1 saturated heterocycles. The second-order valence-corrected chi connectivity index (χ2v) is 6.85. The van der Waals surface area contributed by atoms with E-state index in [4.69, 9.17) is 9.47 Å². The maximum Gasteiger partial charge on any atom is 0.158 e. The van der Waals surface area contributed by atoms with Crippen LogP contribution >= 0.6 is 0 Å². The lowest BCUT2D eigenvalue weighted by atomic mass is 9.96. The summed E-state index contributed by atoms with van der Waals surface area (Å²) in [6, 6.07) is 12.2. The van der Waals surface area contributed by atoms with Crippen LogP contribution in [0.15, 0.2) is 36.4 Å². The van der Waals surface area contributed by atoms with Gasteiger partial charge in [0.15, 0.2) is 6.29 Å². The molecule has 1 unspecified atom stereocenters. The molecule has 0 amide bonds. The maximum absolute atomic E-state index is 9.50. The van der Waals surface area contributed by atoms with Crippen molar-refractivity contribution in [1.29, 1.82) is 0 Å². The molecule has 1 aliphatic rings. The molecule has 2 aromatic carbocycles. The first-order chi connectivity index (χ1) is 12.7. The molecule has 0 aliphatic carbocycles. The zero-order valence-electron chi connectivity index (χ0n) is 15.4. The van der Waals surface area contributed by atoms with Crippen molar-refractivity contribution in [3.05, 3.63) is 58.7 Å². The Morgan fingerprint density at radius 3 is 2.08 bits per heavy atom. The van der Waals surface area contributed by atoms with Crippen LogP contribution in [-0.4, -0.2) is 23.1 Å². The Kier molecular flexibility index (Phi) is 6.80. The monoisotopic (exact) mass is 356 g/mol. The van der Waals surface area contributed by atoms with Crippen molar-refractivity contribution in [3.8, 4) is 11.1 Å². The van der Waals surface area contributed by atoms with Crippen LogP contribution in [0.4, 0.5) is 0 Å². The predicted molar refractivity (Wildman–Crippen MR) is 101 cm³/mol. The number of aliphatic hydroxyl groups is 2. The van der Waals surface area contributed by atoms with Gasteiger partial charge in [-0.25, -0.2) is 0 Å². The fraction of sp³-hybridized carbons (Fsp3) is 0.455. The molecular weight excluding hydrogens is 328 g/mol. The Balaban J connectivity index is 1.85. The highest BCUT2D eigenvalue weighted by atomic mass is 16.7. The molecule has 0 bridgehead atoms. The fourth-order valence-electron chi connectivity index (χ4n) is 3.36. The molecule has 2 N–H and O–H groups in total. The zero-order valence-corrected chi connectivity index (χ0v) is 15.4. The predicted octanol–water partition coefficient (Wildman–Crippen LogP) is 3.94. The summed E-state index contributed by atoms with van der Waals surface area (Å²) in [6.45, 7) is 3.37. The van der Waals surface area contributed by atoms with E-state index < -0.39 is 0 Å². The first kappa shape index (κ1) is 19.1. The molecule has 1 atom stereocenters. The highest BCUT2D eigenvalue weighted by molar-refractivity contribution is 5.67. The van der Waals surface area contributed by atoms with Gasteiger partial charge in [0.1, 0.15) is 0 Å². The van der Waals surface area contributed by atoms with Gasteiger partial charge in [-0.15, -0.1) is 0 Å². The van der Waals surface area contributed by atoms with E-state index in [1.54, 1.807) is 0 Å². The van der Waals surface area contributed by atoms with Gasteiger partial charge in [-0.2, -0.15) is 0 Å². The van der Waals surface area contributed by atoms with Crippen LogP contribution in [0.25, 0.3) is 11.1 Å². The molecule has 4 heteroatoms. The normalized spacial score (nSPS) is 17.4. The minimum absolute atomic E-state index is 0.0384. The molecule has 2 aromatic rings. The summed E-state index contributed by atoms with van der Waals surface area (Å²) in [5.41, 5.74) is 6.06. The third-order valence-corrected chi connectivity index (χ3v) is 4.79. The lowest BCUT2D eigenvalue weighted by molar-refractivity contribution is -0.168. The van der Waals surface area contributed by atoms with Crippen molar-refractivity contribution in [1.82, 2.24) is 0 Å². The number of aliphatic hydroxyl groups excluding tert-OH is 2. The highest BCUT2D eigenvalue weighted by Crippen LogP contribution is 2.27. The Morgan fingerprint density at radius 2 is 1.50 bits per heavy atom. The van der Waals surface area contributed by atoms with Gasteiger partial charge in [0.25, 0.3) is 0 Å². The first-order valence-corrected chi connectivity index (χ1v) is 9.42. The van der Waals surface area contributed by atoms with Crippen LogP contribution in [-0.2, 0) is 35.7 Å². The Hall–Kier alpha value is -1.72. The van der Waals surface area contributed by atoms with Gasteiger partial charge in [0.2, 0.25) is 0 Å². The summed E-state index contributed by atoms with van der Waals surface area (Å²) in [4.78, 5) is 0. The van der Waals surface area contributed by atoms with E-state index in [-0.39, 0.29) is 19.5 Å². The van der Waals surface area contributed by atoms with Gasteiger partial charge in [-0.3, -0.25) is 0 Å². The summed E-state index contributed by atoms with van der Waals surface area (Å²) < 4.78 is 11.6. The number of ether oxygens (including phenoxy) is 2. The average Bonchev–Trinajstić information content (AvgIpc) is 2.72. The van der Waals surface area contributed by atoms with E-state index in [2.05, 4.69) is 25.1 Å². The molecule has 1 fully saturated rings. The van der Waals surface area contributed by atoms with Gasteiger partial charge in [-0.05, 0) is 77.3 Å². The SMILES string of the molecule is CCc1cc(COC2CCCCO2)cc(-c2cc(CO)cc(CO)c2)c1. The van der Waals surface area contributed by atoms with Gasteiger partial charge < -0.3 is 19.7 Å². The standard InChI is InChI=1S/C22H28O4/c1-2-16-7-19(15-26-22-5-3-4-6-25-22)12-20(9-16)21-10-17(13-23)8-18(11-21)14-24/h7-12,22-24H,2-6,13-15H2,1H3. The van der Waals surface area contributed by atoms with Crippen molar-refractivity contribution >= 4 is 0 Å². The number of hydrogen-bond donors (Lipinski definition) is 2. The molecule has 0 aromatic heterocycles. The summed E-state index contributed by atoms with van der Waals surface area (Å²) in [6.07, 6.45) is 4.06. The fourth-order valence-corrected chi connectivity index (χ4v) is 3.36. The Morgan fingerprint density at radius 1 is 0.885 bits per heavy atom. The lowest BCUT2D eigenvalue weighted by Crippen LogP contribution is -2.22. The van der Waals surface area contributed by atoms with Crippen LogP contribution in [0.3, 0.4) is 0 Å². The average molecular weight is 356 g/mol. The second kappa shape index (κ2) is 9.28. The Bertz CT molecular complexity index is 698. The van der Waals surface area contributed by atoms with E-state index in [1.165, 1.54) is 5.56 Å². The van der Waals surface area contributed by atoms with Crippen LogP contribution in [0.5, 0.6) is 0 Å². The van der Waals surface area contributed by atoms with Gasteiger partial charge in [-0.1, -0.05) is 25.1 Å². The lowest BCUT2D eigenvalue weighted by Gasteiger charge is -2.23. The third-order valence-electron chi connectivity index (χ3n) is 4.79. The summed E-state index contributed by atoms with van der Waals surface area (Å²) in [7, 11) is 0. The van der Waals surface area contributed by atoms with Gasteiger partial charge in [0.05, 0.1) is 19.8 Å². The van der Waals surface area contributed by atoms with Crippen LogP contribution < -0.4 is 0 Å². The molecule has 0 radical (unpaired) electrons. The van der Waals surface area contributed by atoms with Crippen molar-refractivity contribution in [2.24, 2.45) is 0 Å². The largest absolute Gasteiger partial charge is 0.392 e. The molecule has 3 rings (SSSR count). The van der Waals surface area contributed by atoms with E-state index >= 15 is 0 Å². The van der Waals surface area contributed by atoms with E-state index in [1.807, 2.05) is 18.2 Å². The van der Waals surface area contributed by atoms with Crippen molar-refractivity contribution in [2.45, 2.75) is 58.7 Å². The summed E-state index contributed by atoms with van der Waals surface area (Å²) >= 11 is 0.